The van der Waals surface area contributed by atoms with Gasteiger partial charge in [-0.2, -0.15) is 0 Å². The Hall–Kier alpha value is -1.57. The van der Waals surface area contributed by atoms with Gasteiger partial charge in [-0.1, -0.05) is 18.2 Å². The first-order valence-electron chi connectivity index (χ1n) is 5.68. The van der Waals surface area contributed by atoms with Gasteiger partial charge in [0.15, 0.2) is 0 Å². The van der Waals surface area contributed by atoms with Gasteiger partial charge in [-0.3, -0.25) is 0 Å². The molecule has 2 heteroatoms. The SMILES string of the molecule is CCOC(=O)/C=C1/CCc2cccc(C)c21. The summed E-state index contributed by atoms with van der Waals surface area (Å²) in [4.78, 5) is 11.4. The fourth-order valence-corrected chi connectivity index (χ4v) is 2.26. The third kappa shape index (κ3) is 2.01. The number of rotatable bonds is 2. The summed E-state index contributed by atoms with van der Waals surface area (Å²) in [5.41, 5.74) is 4.95. The predicted octanol–water partition coefficient (Wildman–Crippen LogP) is 2.89. The Kier molecular flexibility index (Phi) is 3.09. The third-order valence-electron chi connectivity index (χ3n) is 2.92. The van der Waals surface area contributed by atoms with Crippen LogP contribution >= 0.6 is 0 Å². The molecule has 0 atom stereocenters. The predicted molar refractivity (Wildman–Crippen MR) is 64.1 cm³/mol. The van der Waals surface area contributed by atoms with Gasteiger partial charge in [0.1, 0.15) is 0 Å². The zero-order valence-electron chi connectivity index (χ0n) is 9.75. The smallest absolute Gasteiger partial charge is 0.331 e. The summed E-state index contributed by atoms with van der Waals surface area (Å²) in [6.07, 6.45) is 3.61. The maximum absolute atomic E-state index is 11.4. The topological polar surface area (TPSA) is 26.3 Å². The van der Waals surface area contributed by atoms with Gasteiger partial charge in [0.25, 0.3) is 0 Å². The van der Waals surface area contributed by atoms with Gasteiger partial charge < -0.3 is 4.74 Å². The lowest BCUT2D eigenvalue weighted by molar-refractivity contribution is -0.137. The molecule has 0 saturated carbocycles. The molecule has 0 unspecified atom stereocenters. The first-order chi connectivity index (χ1) is 7.72. The van der Waals surface area contributed by atoms with Crippen molar-refractivity contribution in [3.63, 3.8) is 0 Å². The highest BCUT2D eigenvalue weighted by Gasteiger charge is 2.18. The van der Waals surface area contributed by atoms with E-state index in [4.69, 9.17) is 4.74 Å². The number of ether oxygens (including phenoxy) is 1. The van der Waals surface area contributed by atoms with Gasteiger partial charge in [-0.25, -0.2) is 4.79 Å². The highest BCUT2D eigenvalue weighted by atomic mass is 16.5. The van der Waals surface area contributed by atoms with Crippen molar-refractivity contribution in [3.05, 3.63) is 41.0 Å². The fraction of sp³-hybridized carbons (Fsp3) is 0.357. The van der Waals surface area contributed by atoms with Crippen LogP contribution in [0.4, 0.5) is 0 Å². The normalized spacial score (nSPS) is 16.2. The third-order valence-corrected chi connectivity index (χ3v) is 2.92. The van der Waals surface area contributed by atoms with Gasteiger partial charge in [0, 0.05) is 6.08 Å². The molecule has 16 heavy (non-hydrogen) atoms. The second kappa shape index (κ2) is 4.52. The minimum atomic E-state index is -0.228. The molecule has 2 nitrogen and oxygen atoms in total. The van der Waals surface area contributed by atoms with Gasteiger partial charge in [-0.15, -0.1) is 0 Å². The molecule has 2 rings (SSSR count). The van der Waals surface area contributed by atoms with Crippen LogP contribution in [0.2, 0.25) is 0 Å². The van der Waals surface area contributed by atoms with Crippen LogP contribution in [0.1, 0.15) is 30.0 Å². The number of allylic oxidation sites excluding steroid dienone is 1. The molecule has 0 amide bonds. The molecule has 1 aromatic carbocycles. The van der Waals surface area contributed by atoms with Crippen LogP contribution in [0.3, 0.4) is 0 Å². The number of esters is 1. The van der Waals surface area contributed by atoms with E-state index in [1.807, 2.05) is 6.92 Å². The van der Waals surface area contributed by atoms with Crippen LogP contribution < -0.4 is 0 Å². The number of hydrogen-bond donors (Lipinski definition) is 0. The number of benzene rings is 1. The molecule has 0 aromatic heterocycles. The molecule has 0 radical (unpaired) electrons. The minimum Gasteiger partial charge on any atom is -0.463 e. The van der Waals surface area contributed by atoms with Crippen molar-refractivity contribution in [2.75, 3.05) is 6.61 Å². The number of carbonyl (C=O) groups is 1. The highest BCUT2D eigenvalue weighted by molar-refractivity contribution is 5.93. The van der Waals surface area contributed by atoms with E-state index in [2.05, 4.69) is 25.1 Å². The van der Waals surface area contributed by atoms with Crippen molar-refractivity contribution < 1.29 is 9.53 Å². The largest absolute Gasteiger partial charge is 0.463 e. The number of aryl methyl sites for hydroxylation is 2. The van der Waals surface area contributed by atoms with Gasteiger partial charge in [0.05, 0.1) is 6.61 Å². The van der Waals surface area contributed by atoms with Gasteiger partial charge in [-0.05, 0) is 49.0 Å². The van der Waals surface area contributed by atoms with Crippen LogP contribution in [0.15, 0.2) is 24.3 Å². The van der Waals surface area contributed by atoms with E-state index < -0.39 is 0 Å². The van der Waals surface area contributed by atoms with E-state index in [0.717, 1.165) is 18.4 Å². The Labute approximate surface area is 95.9 Å². The van der Waals surface area contributed by atoms with E-state index in [1.165, 1.54) is 16.7 Å². The summed E-state index contributed by atoms with van der Waals surface area (Å²) in [6.45, 7) is 4.34. The lowest BCUT2D eigenvalue weighted by atomic mass is 10.0. The second-order valence-electron chi connectivity index (χ2n) is 4.03. The minimum absolute atomic E-state index is 0.228. The van der Waals surface area contributed by atoms with Crippen LogP contribution in [0.25, 0.3) is 5.57 Å². The Morgan fingerprint density at radius 1 is 1.44 bits per heavy atom. The molecule has 1 aliphatic rings. The Morgan fingerprint density at radius 2 is 2.25 bits per heavy atom. The average Bonchev–Trinajstić information content (AvgIpc) is 2.63. The number of carbonyl (C=O) groups excluding carboxylic acids is 1. The van der Waals surface area contributed by atoms with Crippen molar-refractivity contribution >= 4 is 11.5 Å². The molecule has 0 aliphatic heterocycles. The maximum Gasteiger partial charge on any atom is 0.331 e. The molecule has 0 N–H and O–H groups in total. The summed E-state index contributed by atoms with van der Waals surface area (Å²) in [5.74, 6) is -0.228. The van der Waals surface area contributed by atoms with Crippen LogP contribution in [-0.2, 0) is 16.0 Å². The van der Waals surface area contributed by atoms with Crippen LogP contribution in [0, 0.1) is 6.92 Å². The molecule has 0 spiro atoms. The Balaban J connectivity index is 2.33. The van der Waals surface area contributed by atoms with Gasteiger partial charge >= 0.3 is 5.97 Å². The number of hydrogen-bond acceptors (Lipinski definition) is 2. The fourth-order valence-electron chi connectivity index (χ4n) is 2.26. The van der Waals surface area contributed by atoms with E-state index in [0.29, 0.717) is 6.61 Å². The monoisotopic (exact) mass is 216 g/mol. The van der Waals surface area contributed by atoms with Crippen molar-refractivity contribution in [3.8, 4) is 0 Å². The maximum atomic E-state index is 11.4. The van der Waals surface area contributed by atoms with E-state index >= 15 is 0 Å². The molecular weight excluding hydrogens is 200 g/mol. The molecule has 0 bridgehead atoms. The molecule has 0 saturated heterocycles. The van der Waals surface area contributed by atoms with Gasteiger partial charge in [0.2, 0.25) is 0 Å². The lowest BCUT2D eigenvalue weighted by Crippen LogP contribution is -2.00. The Morgan fingerprint density at radius 3 is 3.00 bits per heavy atom. The highest BCUT2D eigenvalue weighted by Crippen LogP contribution is 2.34. The Bertz CT molecular complexity index is 444. The molecule has 1 aromatic rings. The van der Waals surface area contributed by atoms with E-state index in [1.54, 1.807) is 6.08 Å². The first kappa shape index (κ1) is 10.9. The zero-order valence-corrected chi connectivity index (χ0v) is 9.75. The van der Waals surface area contributed by atoms with E-state index in [-0.39, 0.29) is 5.97 Å². The van der Waals surface area contributed by atoms with Crippen LogP contribution in [0.5, 0.6) is 0 Å². The summed E-state index contributed by atoms with van der Waals surface area (Å²) in [5, 5.41) is 0. The number of fused-ring (bicyclic) bond motifs is 1. The second-order valence-corrected chi connectivity index (χ2v) is 4.03. The molecule has 1 aliphatic carbocycles. The zero-order chi connectivity index (χ0) is 11.5. The average molecular weight is 216 g/mol. The first-order valence-corrected chi connectivity index (χ1v) is 5.68. The lowest BCUT2D eigenvalue weighted by Gasteiger charge is -2.05. The summed E-state index contributed by atoms with van der Waals surface area (Å²) in [6, 6.07) is 6.29. The molecule has 84 valence electrons. The van der Waals surface area contributed by atoms with Crippen molar-refractivity contribution in [1.82, 2.24) is 0 Å². The quantitative estimate of drug-likeness (QED) is 0.561. The van der Waals surface area contributed by atoms with Crippen molar-refractivity contribution in [1.29, 1.82) is 0 Å². The van der Waals surface area contributed by atoms with Crippen LogP contribution in [-0.4, -0.2) is 12.6 Å². The van der Waals surface area contributed by atoms with Crippen molar-refractivity contribution in [2.45, 2.75) is 26.7 Å². The standard InChI is InChI=1S/C14H16O2/c1-3-16-13(15)9-12-8-7-11-6-4-5-10(2)14(11)12/h4-6,9H,3,7-8H2,1-2H3/b12-9-. The van der Waals surface area contributed by atoms with E-state index in [9.17, 15) is 4.79 Å². The molecule has 0 heterocycles. The van der Waals surface area contributed by atoms with Crippen molar-refractivity contribution in [2.24, 2.45) is 0 Å². The molecular formula is C14H16O2. The summed E-state index contributed by atoms with van der Waals surface area (Å²) in [7, 11) is 0. The molecule has 0 fully saturated rings. The summed E-state index contributed by atoms with van der Waals surface area (Å²) < 4.78 is 4.94. The summed E-state index contributed by atoms with van der Waals surface area (Å²) >= 11 is 0.